The molecule has 112 valence electrons. The third-order valence-corrected chi connectivity index (χ3v) is 4.23. The Morgan fingerprint density at radius 3 is 2.90 bits per heavy atom. The SMILES string of the molecule is CCc1cnc(C)nc1N(C)Cc1n[nH]c2c1CCCC2. The van der Waals surface area contributed by atoms with Crippen molar-refractivity contribution in [3.05, 3.63) is 34.5 Å². The van der Waals surface area contributed by atoms with Crippen molar-refractivity contribution in [1.82, 2.24) is 20.2 Å². The minimum atomic E-state index is 0.801. The maximum Gasteiger partial charge on any atom is 0.135 e. The number of hydrogen-bond donors (Lipinski definition) is 1. The van der Waals surface area contributed by atoms with Gasteiger partial charge in [0.05, 0.1) is 12.2 Å². The smallest absolute Gasteiger partial charge is 0.135 e. The maximum absolute atomic E-state index is 4.61. The molecule has 0 saturated carbocycles. The monoisotopic (exact) mass is 285 g/mol. The molecule has 21 heavy (non-hydrogen) atoms. The van der Waals surface area contributed by atoms with E-state index in [0.29, 0.717) is 0 Å². The lowest BCUT2D eigenvalue weighted by atomic mass is 9.96. The molecule has 0 aliphatic heterocycles. The Labute approximate surface area is 125 Å². The van der Waals surface area contributed by atoms with Crippen LogP contribution in [-0.2, 0) is 25.8 Å². The summed E-state index contributed by atoms with van der Waals surface area (Å²) in [5, 5.41) is 7.74. The van der Waals surface area contributed by atoms with Gasteiger partial charge in [-0.3, -0.25) is 5.10 Å². The van der Waals surface area contributed by atoms with E-state index in [1.165, 1.54) is 35.4 Å². The Balaban J connectivity index is 1.85. The van der Waals surface area contributed by atoms with Crippen LogP contribution in [-0.4, -0.2) is 27.2 Å². The molecule has 1 aliphatic carbocycles. The lowest BCUT2D eigenvalue weighted by molar-refractivity contribution is 0.671. The second-order valence-electron chi connectivity index (χ2n) is 5.81. The number of nitrogens with one attached hydrogen (secondary N) is 1. The largest absolute Gasteiger partial charge is 0.353 e. The molecular weight excluding hydrogens is 262 g/mol. The summed E-state index contributed by atoms with van der Waals surface area (Å²) in [6.45, 7) is 4.88. The molecule has 0 radical (unpaired) electrons. The van der Waals surface area contributed by atoms with Crippen LogP contribution >= 0.6 is 0 Å². The van der Waals surface area contributed by atoms with E-state index in [1.54, 1.807) is 0 Å². The number of hydrogen-bond acceptors (Lipinski definition) is 4. The highest BCUT2D eigenvalue weighted by atomic mass is 15.2. The molecule has 0 bridgehead atoms. The summed E-state index contributed by atoms with van der Waals surface area (Å²) in [6, 6.07) is 0. The third-order valence-electron chi connectivity index (χ3n) is 4.23. The van der Waals surface area contributed by atoms with E-state index in [4.69, 9.17) is 0 Å². The Bertz CT molecular complexity index is 632. The average Bonchev–Trinajstić information content (AvgIpc) is 2.90. The molecule has 0 aromatic carbocycles. The van der Waals surface area contributed by atoms with Crippen molar-refractivity contribution < 1.29 is 0 Å². The van der Waals surface area contributed by atoms with Gasteiger partial charge in [-0.05, 0) is 44.6 Å². The maximum atomic E-state index is 4.61. The molecule has 0 atom stereocenters. The van der Waals surface area contributed by atoms with E-state index in [1.807, 2.05) is 13.1 Å². The Morgan fingerprint density at radius 2 is 2.10 bits per heavy atom. The van der Waals surface area contributed by atoms with Crippen LogP contribution in [0, 0.1) is 6.92 Å². The van der Waals surface area contributed by atoms with Crippen LogP contribution in [0.2, 0.25) is 0 Å². The van der Waals surface area contributed by atoms with Crippen molar-refractivity contribution in [2.45, 2.75) is 52.5 Å². The number of aryl methyl sites for hydroxylation is 3. The van der Waals surface area contributed by atoms with Crippen molar-refractivity contribution in [3.8, 4) is 0 Å². The van der Waals surface area contributed by atoms with Crippen molar-refractivity contribution in [2.75, 3.05) is 11.9 Å². The summed E-state index contributed by atoms with van der Waals surface area (Å²) in [6.07, 6.45) is 7.72. The molecule has 1 N–H and O–H groups in total. The lowest BCUT2D eigenvalue weighted by Crippen LogP contribution is -2.21. The van der Waals surface area contributed by atoms with Gasteiger partial charge in [0.2, 0.25) is 0 Å². The Morgan fingerprint density at radius 1 is 1.29 bits per heavy atom. The number of nitrogens with zero attached hydrogens (tertiary/aromatic N) is 4. The zero-order valence-corrected chi connectivity index (χ0v) is 13.1. The third kappa shape index (κ3) is 2.77. The average molecular weight is 285 g/mol. The summed E-state index contributed by atoms with van der Waals surface area (Å²) in [5.74, 6) is 1.84. The van der Waals surface area contributed by atoms with Gasteiger partial charge in [0.15, 0.2) is 0 Å². The normalized spacial score (nSPS) is 14.0. The first kappa shape index (κ1) is 14.0. The van der Waals surface area contributed by atoms with E-state index in [9.17, 15) is 0 Å². The van der Waals surface area contributed by atoms with Crippen LogP contribution < -0.4 is 4.90 Å². The first-order chi connectivity index (χ1) is 10.2. The first-order valence-corrected chi connectivity index (χ1v) is 7.77. The molecule has 2 heterocycles. The molecule has 1 aliphatic rings. The second kappa shape index (κ2) is 5.84. The summed E-state index contributed by atoms with van der Waals surface area (Å²) in [7, 11) is 2.09. The standard InChI is InChI=1S/C16H23N5/c1-4-12-9-17-11(2)18-16(12)21(3)10-15-13-7-5-6-8-14(13)19-20-15/h9H,4-8,10H2,1-3H3,(H,19,20). The zero-order chi connectivity index (χ0) is 14.8. The molecule has 0 unspecified atom stereocenters. The molecule has 0 fully saturated rings. The van der Waals surface area contributed by atoms with Crippen molar-refractivity contribution in [1.29, 1.82) is 0 Å². The van der Waals surface area contributed by atoms with Crippen LogP contribution in [0.5, 0.6) is 0 Å². The van der Waals surface area contributed by atoms with Crippen LogP contribution in [0.15, 0.2) is 6.20 Å². The highest BCUT2D eigenvalue weighted by Crippen LogP contribution is 2.25. The number of anilines is 1. The number of rotatable bonds is 4. The number of aromatic nitrogens is 4. The number of aromatic amines is 1. The highest BCUT2D eigenvalue weighted by molar-refractivity contribution is 5.46. The van der Waals surface area contributed by atoms with E-state index < -0.39 is 0 Å². The Hall–Kier alpha value is -1.91. The quantitative estimate of drug-likeness (QED) is 0.938. The van der Waals surface area contributed by atoms with Crippen LogP contribution in [0.25, 0.3) is 0 Å². The molecule has 2 aromatic rings. The van der Waals surface area contributed by atoms with Gasteiger partial charge in [0.1, 0.15) is 11.6 Å². The second-order valence-corrected chi connectivity index (χ2v) is 5.81. The van der Waals surface area contributed by atoms with Gasteiger partial charge in [0, 0.05) is 24.5 Å². The molecule has 0 amide bonds. The molecule has 0 spiro atoms. The molecule has 0 saturated heterocycles. The number of H-pyrrole nitrogens is 1. The molecule has 3 rings (SSSR count). The molecule has 5 heteroatoms. The van der Waals surface area contributed by atoms with Gasteiger partial charge in [-0.2, -0.15) is 5.10 Å². The van der Waals surface area contributed by atoms with Crippen LogP contribution in [0.4, 0.5) is 5.82 Å². The predicted molar refractivity (Wildman–Crippen MR) is 83.5 cm³/mol. The summed E-state index contributed by atoms with van der Waals surface area (Å²) in [5.41, 5.74) is 5.12. The zero-order valence-electron chi connectivity index (χ0n) is 13.1. The minimum absolute atomic E-state index is 0.801. The van der Waals surface area contributed by atoms with Crippen LogP contribution in [0.1, 0.15) is 48.1 Å². The minimum Gasteiger partial charge on any atom is -0.353 e. The van der Waals surface area contributed by atoms with Gasteiger partial charge in [-0.1, -0.05) is 6.92 Å². The fraction of sp³-hybridized carbons (Fsp3) is 0.562. The fourth-order valence-electron chi connectivity index (χ4n) is 3.04. The predicted octanol–water partition coefficient (Wildman–Crippen LogP) is 2.59. The lowest BCUT2D eigenvalue weighted by Gasteiger charge is -2.21. The summed E-state index contributed by atoms with van der Waals surface area (Å²) < 4.78 is 0. The van der Waals surface area contributed by atoms with Crippen LogP contribution in [0.3, 0.4) is 0 Å². The van der Waals surface area contributed by atoms with E-state index in [0.717, 1.165) is 37.4 Å². The summed E-state index contributed by atoms with van der Waals surface area (Å²) in [4.78, 5) is 11.1. The molecule has 2 aromatic heterocycles. The van der Waals surface area contributed by atoms with Gasteiger partial charge in [0.25, 0.3) is 0 Å². The van der Waals surface area contributed by atoms with E-state index in [-0.39, 0.29) is 0 Å². The molecular formula is C16H23N5. The Kier molecular flexibility index (Phi) is 3.90. The van der Waals surface area contributed by atoms with Gasteiger partial charge in [-0.15, -0.1) is 0 Å². The van der Waals surface area contributed by atoms with Crippen molar-refractivity contribution >= 4 is 5.82 Å². The highest BCUT2D eigenvalue weighted by Gasteiger charge is 2.19. The van der Waals surface area contributed by atoms with Gasteiger partial charge < -0.3 is 4.90 Å². The topological polar surface area (TPSA) is 57.7 Å². The number of fused-ring (bicyclic) bond motifs is 1. The fourth-order valence-corrected chi connectivity index (χ4v) is 3.04. The van der Waals surface area contributed by atoms with Crippen molar-refractivity contribution in [2.24, 2.45) is 0 Å². The van der Waals surface area contributed by atoms with Gasteiger partial charge in [-0.25, -0.2) is 9.97 Å². The molecule has 5 nitrogen and oxygen atoms in total. The summed E-state index contributed by atoms with van der Waals surface area (Å²) >= 11 is 0. The van der Waals surface area contributed by atoms with Gasteiger partial charge >= 0.3 is 0 Å². The van der Waals surface area contributed by atoms with E-state index >= 15 is 0 Å². The van der Waals surface area contributed by atoms with E-state index in [2.05, 4.69) is 39.0 Å². The first-order valence-electron chi connectivity index (χ1n) is 7.77. The van der Waals surface area contributed by atoms with Crippen molar-refractivity contribution in [3.63, 3.8) is 0 Å².